The van der Waals surface area contributed by atoms with Crippen molar-refractivity contribution in [2.24, 2.45) is 0 Å². The topological polar surface area (TPSA) is 16.2 Å². The molecule has 0 spiro atoms. The van der Waals surface area contributed by atoms with Gasteiger partial charge in [-0.25, -0.2) is 13.2 Å². The monoisotopic (exact) mass is 1240 g/mol. The van der Waals surface area contributed by atoms with Gasteiger partial charge in [-0.1, -0.05) is 223 Å². The fourth-order valence-electron chi connectivity index (χ4n) is 15.1. The van der Waals surface area contributed by atoms with E-state index in [1.54, 1.807) is 4.90 Å². The lowest BCUT2D eigenvalue weighted by atomic mass is 9.31. The van der Waals surface area contributed by atoms with Crippen molar-refractivity contribution < 1.29 is 13.2 Å². The Balaban J connectivity index is 0.922. The maximum Gasteiger partial charge on any atom is 0.252 e. The van der Waals surface area contributed by atoms with E-state index in [0.29, 0.717) is 16.0 Å². The van der Waals surface area contributed by atoms with E-state index >= 15 is 13.2 Å². The zero-order chi connectivity index (χ0) is 63.3. The minimum Gasteiger partial charge on any atom is -0.311 e. The van der Waals surface area contributed by atoms with Gasteiger partial charge in [-0.15, -0.1) is 0 Å². The molecule has 0 N–H and O–H groups in total. The summed E-state index contributed by atoms with van der Waals surface area (Å²) in [6.45, 7) is -1.04. The van der Waals surface area contributed by atoms with Crippen LogP contribution in [-0.2, 0) is 0 Å². The number of hydrogen-bond acceptors (Lipinski definition) is 6. The third kappa shape index (κ3) is 9.20. The fourth-order valence-corrected chi connectivity index (χ4v) is 16.3. The van der Waals surface area contributed by atoms with Crippen LogP contribution in [0.5, 0.6) is 0 Å². The molecule has 4 aliphatic heterocycles. The first-order valence-electron chi connectivity index (χ1n) is 32.0. The minimum atomic E-state index is -0.827. The third-order valence-electron chi connectivity index (χ3n) is 19.0. The number of anilines is 15. The average molecular weight is 1240 g/mol. The van der Waals surface area contributed by atoms with Crippen LogP contribution in [0.15, 0.2) is 337 Å². The molecular formula is C84H54B2F3N5S. The lowest BCUT2D eigenvalue weighted by Crippen LogP contribution is -2.65. The van der Waals surface area contributed by atoms with E-state index in [9.17, 15) is 0 Å². The van der Waals surface area contributed by atoms with Crippen LogP contribution in [0.1, 0.15) is 0 Å². The molecule has 5 nitrogen and oxygen atoms in total. The van der Waals surface area contributed by atoms with Gasteiger partial charge in [-0.05, 0) is 159 Å². The van der Waals surface area contributed by atoms with Gasteiger partial charge in [-0.2, -0.15) is 0 Å². The lowest BCUT2D eigenvalue weighted by Gasteiger charge is -2.46. The molecule has 0 fully saturated rings. The highest BCUT2D eigenvalue weighted by molar-refractivity contribution is 8.00. The number of para-hydroxylation sites is 7. The van der Waals surface area contributed by atoms with Crippen LogP contribution in [-0.4, -0.2) is 13.4 Å². The summed E-state index contributed by atoms with van der Waals surface area (Å²) in [5.41, 5.74) is 21.3. The van der Waals surface area contributed by atoms with Gasteiger partial charge in [0.05, 0.1) is 22.7 Å². The Morgan fingerprint density at radius 2 is 0.768 bits per heavy atom. The zero-order valence-corrected chi connectivity index (χ0v) is 51.9. The molecule has 0 unspecified atom stereocenters. The van der Waals surface area contributed by atoms with Crippen LogP contribution in [0.25, 0.3) is 22.3 Å². The SMILES string of the molecule is Fc1ccc(N2c3cc(N(c4ccccc4)c4ccccc4)cc4c3B(c3ccccc3N4c3ccccc3)c3cc4c(c(F)c32)Sc2cc(N(c3ccc(-c5ccccc5)cc3)c3ccccc3-c3ccccc3)cc3c2B4c2ccccc2N3c2ccccc2)c(F)c1. The summed E-state index contributed by atoms with van der Waals surface area (Å²) in [6, 6.07) is 111. The molecule has 95 heavy (non-hydrogen) atoms. The highest BCUT2D eigenvalue weighted by Crippen LogP contribution is 2.53. The number of rotatable bonds is 11. The summed E-state index contributed by atoms with van der Waals surface area (Å²) >= 11 is 1.42. The van der Waals surface area contributed by atoms with Gasteiger partial charge in [-0.3, -0.25) is 0 Å². The summed E-state index contributed by atoms with van der Waals surface area (Å²) in [4.78, 5) is 12.2. The van der Waals surface area contributed by atoms with Crippen molar-refractivity contribution in [1.82, 2.24) is 0 Å². The highest BCUT2D eigenvalue weighted by atomic mass is 32.2. The average Bonchev–Trinajstić information content (AvgIpc) is 0.686. The van der Waals surface area contributed by atoms with Crippen molar-refractivity contribution in [3.8, 4) is 22.3 Å². The van der Waals surface area contributed by atoms with Gasteiger partial charge < -0.3 is 24.5 Å². The molecule has 18 rings (SSSR count). The Kier molecular flexibility index (Phi) is 13.5. The predicted octanol–water partition coefficient (Wildman–Crippen LogP) is 19.2. The van der Waals surface area contributed by atoms with Crippen LogP contribution < -0.4 is 57.3 Å². The third-order valence-corrected chi connectivity index (χ3v) is 20.2. The largest absolute Gasteiger partial charge is 0.311 e. The van der Waals surface area contributed by atoms with Crippen molar-refractivity contribution in [3.63, 3.8) is 0 Å². The van der Waals surface area contributed by atoms with Crippen LogP contribution in [0.2, 0.25) is 0 Å². The van der Waals surface area contributed by atoms with E-state index in [1.807, 2.05) is 72.8 Å². The second-order valence-electron chi connectivity index (χ2n) is 24.3. The van der Waals surface area contributed by atoms with Crippen molar-refractivity contribution in [1.29, 1.82) is 0 Å². The zero-order valence-electron chi connectivity index (χ0n) is 51.1. The summed E-state index contributed by atoms with van der Waals surface area (Å²) in [5.74, 6) is -2.07. The first-order chi connectivity index (χ1) is 46.9. The number of benzene rings is 14. The van der Waals surface area contributed by atoms with Gasteiger partial charge in [0.2, 0.25) is 6.71 Å². The Bertz CT molecular complexity index is 5270. The molecule has 0 saturated carbocycles. The molecule has 14 aromatic carbocycles. The number of fused-ring (bicyclic) bond motifs is 8. The maximum absolute atomic E-state index is 20.4. The summed E-state index contributed by atoms with van der Waals surface area (Å²) in [5, 5.41) is 0. The van der Waals surface area contributed by atoms with Gasteiger partial charge >= 0.3 is 0 Å². The Labute approximate surface area is 554 Å². The standard InChI is InChI=1S/C84H54B2F3N5S/c87-58-45-48-75(71(88)49-58)94-77-51-64(90(59-29-11-3-12-30-59)60-31-13-4-14-32-60)50-76-80(77)85(67-38-20-23-41-73(67)92(76)61-33-15-5-16-34-61)69-54-70-84(82(89)83(69)94)95-79-53-65(52-78-81(79)86(70)68-39-21-24-42-74(68)93(78)62-35-17-6-18-36-62)91(63-46-43-56(44-47-63)55-25-7-1-8-26-55)72-40-22-19-37-66(72)57-27-9-2-10-28-57/h1-54H. The summed E-state index contributed by atoms with van der Waals surface area (Å²) in [7, 11) is 0. The first kappa shape index (κ1) is 56.1. The minimum absolute atomic E-state index is 0.0127. The van der Waals surface area contributed by atoms with Crippen LogP contribution >= 0.6 is 11.8 Å². The van der Waals surface area contributed by atoms with Crippen molar-refractivity contribution in [2.45, 2.75) is 9.79 Å². The summed E-state index contributed by atoms with van der Waals surface area (Å²) in [6.07, 6.45) is 0. The van der Waals surface area contributed by atoms with Gasteiger partial charge in [0.1, 0.15) is 11.6 Å². The molecular weight excluding hydrogens is 1190 g/mol. The number of hydrogen-bond donors (Lipinski definition) is 0. The Morgan fingerprint density at radius 3 is 1.36 bits per heavy atom. The molecule has 11 heteroatoms. The fraction of sp³-hybridized carbons (Fsp3) is 0. The van der Waals surface area contributed by atoms with E-state index in [-0.39, 0.29) is 11.4 Å². The maximum atomic E-state index is 20.4. The molecule has 0 amide bonds. The quantitative estimate of drug-likeness (QED) is 0.119. The summed E-state index contributed by atoms with van der Waals surface area (Å²) < 4.78 is 53.6. The van der Waals surface area contributed by atoms with Gasteiger partial charge in [0.25, 0.3) is 6.71 Å². The molecule has 0 radical (unpaired) electrons. The second kappa shape index (κ2) is 22.9. The van der Waals surface area contributed by atoms with Crippen molar-refractivity contribution in [2.75, 3.05) is 24.5 Å². The van der Waals surface area contributed by atoms with Crippen LogP contribution in [0.4, 0.5) is 98.5 Å². The Hall–Kier alpha value is -11.7. The Morgan fingerprint density at radius 1 is 0.305 bits per heavy atom. The van der Waals surface area contributed by atoms with E-state index in [4.69, 9.17) is 0 Å². The van der Waals surface area contributed by atoms with E-state index in [1.165, 1.54) is 23.9 Å². The molecule has 448 valence electrons. The second-order valence-corrected chi connectivity index (χ2v) is 25.4. The molecule has 0 bridgehead atoms. The van der Waals surface area contributed by atoms with Crippen LogP contribution in [0.3, 0.4) is 0 Å². The van der Waals surface area contributed by atoms with E-state index < -0.39 is 30.9 Å². The lowest BCUT2D eigenvalue weighted by molar-refractivity contribution is 0.582. The van der Waals surface area contributed by atoms with Crippen LogP contribution in [0, 0.1) is 17.5 Å². The van der Waals surface area contributed by atoms with E-state index in [2.05, 4.69) is 256 Å². The van der Waals surface area contributed by atoms with Crippen molar-refractivity contribution in [3.05, 3.63) is 345 Å². The smallest absolute Gasteiger partial charge is 0.252 e. The molecule has 4 aliphatic rings. The van der Waals surface area contributed by atoms with Gasteiger partial charge in [0.15, 0.2) is 5.82 Å². The molecule has 0 aliphatic carbocycles. The molecule has 0 saturated heterocycles. The molecule has 14 aromatic rings. The normalized spacial score (nSPS) is 12.9. The molecule has 4 heterocycles. The van der Waals surface area contributed by atoms with Crippen molar-refractivity contribution >= 4 is 143 Å². The first-order valence-corrected chi connectivity index (χ1v) is 32.8. The number of halogens is 3. The highest BCUT2D eigenvalue weighted by Gasteiger charge is 2.49. The molecule has 0 atom stereocenters. The van der Waals surface area contributed by atoms with E-state index in [0.717, 1.165) is 129 Å². The molecule has 0 aromatic heterocycles. The van der Waals surface area contributed by atoms with Gasteiger partial charge in [0, 0.05) is 84.0 Å². The number of nitrogens with zero attached hydrogens (tertiary/aromatic N) is 5. The predicted molar refractivity (Wildman–Crippen MR) is 390 cm³/mol.